The van der Waals surface area contributed by atoms with Crippen LogP contribution >= 0.6 is 35.8 Å². The molecule has 0 saturated heterocycles. The predicted molar refractivity (Wildman–Crippen MR) is 86.7 cm³/mol. The normalized spacial score (nSPS) is 10.7. The number of fused-ring (bicyclic) bond motifs is 1. The molecule has 0 aliphatic rings. The molecular formula is C10H10N6S3. The number of thiocarbonyl (C=S) groups is 2. The molecule has 0 unspecified atom stereocenters. The van der Waals surface area contributed by atoms with Crippen molar-refractivity contribution in [2.45, 2.75) is 0 Å². The molecule has 0 aliphatic carbocycles. The number of hydrazine groups is 1. The van der Waals surface area contributed by atoms with Crippen LogP contribution in [0.3, 0.4) is 0 Å². The van der Waals surface area contributed by atoms with Gasteiger partial charge in [0.15, 0.2) is 10.1 Å². The molecule has 0 aliphatic heterocycles. The van der Waals surface area contributed by atoms with Gasteiger partial charge in [0.25, 0.3) is 0 Å². The number of hydrogen-bond donors (Lipinski definition) is 4. The molecule has 98 valence electrons. The number of nitrogens with two attached hydrogens (primary N) is 2. The fourth-order valence-corrected chi connectivity index (χ4v) is 2.51. The quantitative estimate of drug-likeness (QED) is 0.394. The summed E-state index contributed by atoms with van der Waals surface area (Å²) in [5, 5.41) is 9.43. The second-order valence-corrected chi connectivity index (χ2v) is 5.32. The lowest BCUT2D eigenvalue weighted by molar-refractivity contribution is 1.13. The van der Waals surface area contributed by atoms with Crippen molar-refractivity contribution in [1.82, 2.24) is 5.43 Å². The van der Waals surface area contributed by atoms with Crippen molar-refractivity contribution in [3.05, 3.63) is 24.3 Å². The van der Waals surface area contributed by atoms with Crippen LogP contribution in [0.15, 0.2) is 34.5 Å². The van der Waals surface area contributed by atoms with Gasteiger partial charge in [-0.15, -0.1) is 21.6 Å². The van der Waals surface area contributed by atoms with Crippen molar-refractivity contribution < 1.29 is 0 Å². The third-order valence-electron chi connectivity index (χ3n) is 2.13. The van der Waals surface area contributed by atoms with Crippen LogP contribution in [-0.2, 0) is 0 Å². The first-order valence-corrected chi connectivity index (χ1v) is 6.75. The molecule has 0 atom stereocenters. The number of nitrogens with one attached hydrogen (secondary N) is 2. The first-order valence-electron chi connectivity index (χ1n) is 5.12. The van der Waals surface area contributed by atoms with Gasteiger partial charge in [-0.2, -0.15) is 0 Å². The summed E-state index contributed by atoms with van der Waals surface area (Å²) in [6.07, 6.45) is 0. The van der Waals surface area contributed by atoms with E-state index in [9.17, 15) is 0 Å². The van der Waals surface area contributed by atoms with E-state index in [0.29, 0.717) is 5.00 Å². The molecule has 0 bridgehead atoms. The monoisotopic (exact) mass is 310 g/mol. The van der Waals surface area contributed by atoms with Crippen LogP contribution in [0.25, 0.3) is 10.1 Å². The Hall–Kier alpha value is -1.84. The van der Waals surface area contributed by atoms with E-state index in [2.05, 4.69) is 33.3 Å². The largest absolute Gasteiger partial charge is 0.375 e. The Morgan fingerprint density at radius 1 is 1.21 bits per heavy atom. The van der Waals surface area contributed by atoms with Gasteiger partial charge < -0.3 is 11.5 Å². The van der Waals surface area contributed by atoms with Crippen molar-refractivity contribution >= 4 is 66.8 Å². The fourth-order valence-electron chi connectivity index (χ4n) is 1.44. The molecule has 1 aromatic heterocycles. The number of rotatable bonds is 3. The Morgan fingerprint density at radius 2 is 1.95 bits per heavy atom. The van der Waals surface area contributed by atoms with Gasteiger partial charge in [-0.3, -0.25) is 10.9 Å². The van der Waals surface area contributed by atoms with Gasteiger partial charge in [0.2, 0.25) is 5.11 Å². The SMILES string of the molecule is NC(=S)N=Nc1sc2ccccc2c1NNC(N)=S. The Bertz CT molecular complexity index is 662. The maximum Gasteiger partial charge on any atom is 0.211 e. The zero-order chi connectivity index (χ0) is 13.8. The average Bonchev–Trinajstić information content (AvgIpc) is 2.71. The second-order valence-electron chi connectivity index (χ2n) is 3.43. The van der Waals surface area contributed by atoms with Crippen LogP contribution in [0.1, 0.15) is 0 Å². The fraction of sp³-hybridized carbons (Fsp3) is 0. The molecule has 6 N–H and O–H groups in total. The first-order chi connectivity index (χ1) is 9.08. The van der Waals surface area contributed by atoms with Crippen LogP contribution in [0, 0.1) is 0 Å². The molecule has 0 fully saturated rings. The Labute approximate surface area is 123 Å². The molecule has 0 amide bonds. The van der Waals surface area contributed by atoms with Crippen molar-refractivity contribution in [3.63, 3.8) is 0 Å². The van der Waals surface area contributed by atoms with E-state index in [4.69, 9.17) is 23.7 Å². The summed E-state index contributed by atoms with van der Waals surface area (Å²) in [6.45, 7) is 0. The molecule has 0 spiro atoms. The lowest BCUT2D eigenvalue weighted by Crippen LogP contribution is -2.33. The van der Waals surface area contributed by atoms with Crippen LogP contribution in [0.4, 0.5) is 10.7 Å². The molecule has 0 radical (unpaired) electrons. The van der Waals surface area contributed by atoms with Gasteiger partial charge in [0.05, 0.1) is 0 Å². The molecule has 1 aromatic carbocycles. The Balaban J connectivity index is 2.45. The molecule has 2 rings (SSSR count). The zero-order valence-corrected chi connectivity index (χ0v) is 12.0. The molecule has 1 heterocycles. The number of hydrogen-bond acceptors (Lipinski definition) is 5. The predicted octanol–water partition coefficient (Wildman–Crippen LogP) is 2.39. The van der Waals surface area contributed by atoms with Gasteiger partial charge in [-0.1, -0.05) is 18.2 Å². The highest BCUT2D eigenvalue weighted by Gasteiger charge is 2.11. The summed E-state index contributed by atoms with van der Waals surface area (Å²) >= 11 is 10.9. The van der Waals surface area contributed by atoms with Crippen LogP contribution in [-0.4, -0.2) is 10.2 Å². The van der Waals surface area contributed by atoms with Crippen LogP contribution in [0.2, 0.25) is 0 Å². The van der Waals surface area contributed by atoms with E-state index < -0.39 is 0 Å². The van der Waals surface area contributed by atoms with Gasteiger partial charge in [-0.25, -0.2) is 0 Å². The lowest BCUT2D eigenvalue weighted by Gasteiger charge is -2.07. The van der Waals surface area contributed by atoms with Crippen molar-refractivity contribution in [2.75, 3.05) is 5.43 Å². The maximum absolute atomic E-state index is 5.39. The van der Waals surface area contributed by atoms with Crippen LogP contribution in [0.5, 0.6) is 0 Å². The van der Waals surface area contributed by atoms with Gasteiger partial charge in [0, 0.05) is 10.1 Å². The maximum atomic E-state index is 5.39. The highest BCUT2D eigenvalue weighted by molar-refractivity contribution is 7.80. The number of azo groups is 1. The standard InChI is InChI=1S/C10H10N6S3/c11-9(17)15-13-7-5-3-1-2-4-6(5)19-8(7)14-16-10(12)18/h1-4,13H,(H2,12,18)(H3,11,15,17). The second kappa shape index (κ2) is 5.87. The summed E-state index contributed by atoms with van der Waals surface area (Å²) in [6, 6.07) is 7.80. The minimum absolute atomic E-state index is 0.0225. The molecule has 6 nitrogen and oxygen atoms in total. The summed E-state index contributed by atoms with van der Waals surface area (Å²) in [7, 11) is 0. The van der Waals surface area contributed by atoms with E-state index >= 15 is 0 Å². The molecule has 19 heavy (non-hydrogen) atoms. The Kier molecular flexibility index (Phi) is 4.20. The van der Waals surface area contributed by atoms with Crippen molar-refractivity contribution in [3.8, 4) is 0 Å². The average molecular weight is 310 g/mol. The zero-order valence-electron chi connectivity index (χ0n) is 9.58. The third-order valence-corrected chi connectivity index (χ3v) is 3.37. The summed E-state index contributed by atoms with van der Waals surface area (Å²) in [4.78, 5) is 0. The highest BCUT2D eigenvalue weighted by Crippen LogP contribution is 2.41. The number of nitrogens with zero attached hydrogens (tertiary/aromatic N) is 2. The third kappa shape index (κ3) is 3.34. The van der Waals surface area contributed by atoms with Crippen LogP contribution < -0.4 is 22.3 Å². The molecular weight excluding hydrogens is 300 g/mol. The lowest BCUT2D eigenvalue weighted by atomic mass is 10.2. The van der Waals surface area contributed by atoms with E-state index in [-0.39, 0.29) is 10.2 Å². The summed E-state index contributed by atoms with van der Waals surface area (Å²) < 4.78 is 1.05. The van der Waals surface area contributed by atoms with Crippen molar-refractivity contribution in [2.24, 2.45) is 21.7 Å². The minimum atomic E-state index is -0.0225. The van der Waals surface area contributed by atoms with Gasteiger partial charge >= 0.3 is 0 Å². The summed E-state index contributed by atoms with van der Waals surface area (Å²) in [5.74, 6) is 0. The highest BCUT2D eigenvalue weighted by atomic mass is 32.1. The Morgan fingerprint density at radius 3 is 2.63 bits per heavy atom. The molecule has 9 heteroatoms. The smallest absolute Gasteiger partial charge is 0.211 e. The van der Waals surface area contributed by atoms with Crippen molar-refractivity contribution in [1.29, 1.82) is 0 Å². The van der Waals surface area contributed by atoms with E-state index in [1.165, 1.54) is 11.3 Å². The van der Waals surface area contributed by atoms with E-state index in [1.807, 2.05) is 24.3 Å². The summed E-state index contributed by atoms with van der Waals surface area (Å²) in [5.41, 5.74) is 17.0. The van der Waals surface area contributed by atoms with E-state index in [1.54, 1.807) is 0 Å². The molecule has 0 saturated carbocycles. The van der Waals surface area contributed by atoms with Gasteiger partial charge in [0.1, 0.15) is 5.69 Å². The number of anilines is 1. The topological polar surface area (TPSA) is 101 Å². The number of thiophene rings is 1. The minimum Gasteiger partial charge on any atom is -0.375 e. The molecule has 2 aromatic rings. The number of benzene rings is 1. The first kappa shape index (κ1) is 13.6. The van der Waals surface area contributed by atoms with Gasteiger partial charge in [-0.05, 0) is 30.5 Å². The van der Waals surface area contributed by atoms with E-state index in [0.717, 1.165) is 15.8 Å².